The quantitative estimate of drug-likeness (QED) is 0.0758. The molecule has 3 rings (SSSR count). The summed E-state index contributed by atoms with van der Waals surface area (Å²) >= 11 is 0. The van der Waals surface area contributed by atoms with Gasteiger partial charge in [-0.3, -0.25) is 28.8 Å². The van der Waals surface area contributed by atoms with Gasteiger partial charge < -0.3 is 52.1 Å². The molecule has 5 amide bonds. The first-order valence-electron chi connectivity index (χ1n) is 17.3. The number of benzene rings is 3. The van der Waals surface area contributed by atoms with Crippen molar-refractivity contribution in [2.45, 2.75) is 33.6 Å². The van der Waals surface area contributed by atoms with Crippen molar-refractivity contribution in [3.8, 4) is 0 Å². The van der Waals surface area contributed by atoms with Gasteiger partial charge in [0.15, 0.2) is 5.78 Å². The Morgan fingerprint density at radius 2 is 0.782 bits per heavy atom. The van der Waals surface area contributed by atoms with Crippen LogP contribution in [-0.4, -0.2) is 127 Å². The molecule has 0 atom stereocenters. The van der Waals surface area contributed by atoms with Gasteiger partial charge in [-0.1, -0.05) is 44.7 Å². The highest BCUT2D eigenvalue weighted by Gasteiger charge is 2.16. The molecule has 3 aromatic rings. The third-order valence-corrected chi connectivity index (χ3v) is 6.89. The van der Waals surface area contributed by atoms with Crippen molar-refractivity contribution in [2.24, 2.45) is 0 Å². The lowest BCUT2D eigenvalue weighted by atomic mass is 10.0. The Morgan fingerprint density at radius 1 is 0.436 bits per heavy atom. The molecule has 0 saturated heterocycles. The summed E-state index contributed by atoms with van der Waals surface area (Å²) in [7, 11) is 0. The molecule has 0 radical (unpaired) electrons. The fourth-order valence-corrected chi connectivity index (χ4v) is 4.25. The molecule has 10 N–H and O–H groups in total. The summed E-state index contributed by atoms with van der Waals surface area (Å²) in [6.45, 7) is 2.39. The van der Waals surface area contributed by atoms with Gasteiger partial charge in [0.05, 0.1) is 26.4 Å². The maximum Gasteiger partial charge on any atom is 0.251 e. The van der Waals surface area contributed by atoms with Crippen molar-refractivity contribution < 1.29 is 54.3 Å². The Kier molecular flexibility index (Phi) is 26.9. The first kappa shape index (κ1) is 49.5. The highest BCUT2D eigenvalue weighted by molar-refractivity contribution is 6.04. The SMILES string of the molecule is C.CCCNC(=O)c1cc(C(=O)NCCO)cc(C(=O)NCCO)c1.O=C(CCCO)c1cccc(C(=O)NCCO)c1.O=C(NCCO)c1ccccc1. The van der Waals surface area contributed by atoms with Gasteiger partial charge in [0.1, 0.15) is 0 Å². The van der Waals surface area contributed by atoms with Crippen LogP contribution in [0, 0.1) is 0 Å². The molecule has 0 aliphatic heterocycles. The van der Waals surface area contributed by atoms with E-state index in [9.17, 15) is 28.8 Å². The van der Waals surface area contributed by atoms with E-state index in [2.05, 4.69) is 26.6 Å². The van der Waals surface area contributed by atoms with Crippen molar-refractivity contribution >= 4 is 35.3 Å². The number of nitrogens with one attached hydrogen (secondary N) is 5. The number of hydrogen-bond donors (Lipinski definition) is 10. The van der Waals surface area contributed by atoms with Crippen LogP contribution in [0.2, 0.25) is 0 Å². The van der Waals surface area contributed by atoms with E-state index in [0.717, 1.165) is 6.42 Å². The van der Waals surface area contributed by atoms with Gasteiger partial charge in [-0.15, -0.1) is 0 Å². The van der Waals surface area contributed by atoms with Crippen molar-refractivity contribution in [1.82, 2.24) is 26.6 Å². The van der Waals surface area contributed by atoms with Gasteiger partial charge >= 0.3 is 0 Å². The largest absolute Gasteiger partial charge is 0.396 e. The number of carbonyl (C=O) groups is 6. The topological polar surface area (TPSA) is 264 Å². The fraction of sp³-hybridized carbons (Fsp3) is 0.385. The number of ketones is 1. The van der Waals surface area contributed by atoms with Crippen molar-refractivity contribution in [3.63, 3.8) is 0 Å². The van der Waals surface area contributed by atoms with Crippen molar-refractivity contribution in [3.05, 3.63) is 106 Å². The highest BCUT2D eigenvalue weighted by Crippen LogP contribution is 2.12. The number of hydrogen-bond acceptors (Lipinski definition) is 11. The second-order valence-electron chi connectivity index (χ2n) is 11.2. The minimum Gasteiger partial charge on any atom is -0.396 e. The summed E-state index contributed by atoms with van der Waals surface area (Å²) in [5, 5.41) is 56.0. The first-order valence-corrected chi connectivity index (χ1v) is 17.3. The zero-order chi connectivity index (χ0) is 40.1. The third-order valence-electron chi connectivity index (χ3n) is 6.89. The molecular weight excluding hydrogens is 714 g/mol. The van der Waals surface area contributed by atoms with Crippen LogP contribution in [0.15, 0.2) is 72.8 Å². The van der Waals surface area contributed by atoms with Crippen LogP contribution in [0.3, 0.4) is 0 Å². The van der Waals surface area contributed by atoms with Crippen LogP contribution in [0.25, 0.3) is 0 Å². The molecule has 16 nitrogen and oxygen atoms in total. The maximum absolute atomic E-state index is 12.1. The molecule has 3 aromatic carbocycles. The minimum atomic E-state index is -0.495. The van der Waals surface area contributed by atoms with Gasteiger partial charge in [0, 0.05) is 79.1 Å². The van der Waals surface area contributed by atoms with E-state index < -0.39 is 11.8 Å². The summed E-state index contributed by atoms with van der Waals surface area (Å²) < 4.78 is 0. The van der Waals surface area contributed by atoms with Crippen LogP contribution in [0.4, 0.5) is 0 Å². The Hall–Kier alpha value is -5.52. The second kappa shape index (κ2) is 29.9. The van der Waals surface area contributed by atoms with Gasteiger partial charge in [0.2, 0.25) is 0 Å². The molecule has 0 aliphatic rings. The van der Waals surface area contributed by atoms with Gasteiger partial charge in [0.25, 0.3) is 29.5 Å². The number of carbonyl (C=O) groups excluding carboxylic acids is 6. The summed E-state index contributed by atoms with van der Waals surface area (Å²) in [4.78, 5) is 70.7. The molecule has 16 heteroatoms. The average Bonchev–Trinajstić information content (AvgIpc) is 3.21. The average molecular weight is 770 g/mol. The highest BCUT2D eigenvalue weighted by atomic mass is 16.3. The van der Waals surface area contributed by atoms with E-state index in [0.29, 0.717) is 36.2 Å². The Bertz CT molecular complexity index is 1490. The molecule has 0 heterocycles. The van der Waals surface area contributed by atoms with Gasteiger partial charge in [-0.25, -0.2) is 0 Å². The lowest BCUT2D eigenvalue weighted by Gasteiger charge is -2.10. The summed E-state index contributed by atoms with van der Waals surface area (Å²) in [6.07, 6.45) is 1.43. The number of aliphatic hydroxyl groups is 5. The third kappa shape index (κ3) is 19.9. The van der Waals surface area contributed by atoms with E-state index in [4.69, 9.17) is 25.5 Å². The maximum atomic E-state index is 12.1. The molecule has 0 spiro atoms. The predicted molar refractivity (Wildman–Crippen MR) is 207 cm³/mol. The lowest BCUT2D eigenvalue weighted by Crippen LogP contribution is -2.30. The zero-order valence-corrected chi connectivity index (χ0v) is 30.3. The minimum absolute atomic E-state index is 0. The molecule has 0 unspecified atom stereocenters. The lowest BCUT2D eigenvalue weighted by molar-refractivity contribution is 0.0930. The molecule has 0 aliphatic carbocycles. The molecule has 55 heavy (non-hydrogen) atoms. The van der Waals surface area contributed by atoms with E-state index >= 15 is 0 Å². The number of Topliss-reactive ketones (excluding diaryl/α,β-unsaturated/α-hetero) is 1. The van der Waals surface area contributed by atoms with Crippen LogP contribution < -0.4 is 26.6 Å². The second-order valence-corrected chi connectivity index (χ2v) is 11.2. The van der Waals surface area contributed by atoms with Crippen molar-refractivity contribution in [2.75, 3.05) is 65.8 Å². The van der Waals surface area contributed by atoms with Crippen LogP contribution in [0.5, 0.6) is 0 Å². The molecule has 0 saturated carbocycles. The Labute approximate surface area is 321 Å². The van der Waals surface area contributed by atoms with E-state index in [1.54, 1.807) is 42.5 Å². The smallest absolute Gasteiger partial charge is 0.251 e. The van der Waals surface area contributed by atoms with Crippen LogP contribution in [-0.2, 0) is 0 Å². The molecule has 0 fully saturated rings. The number of rotatable bonds is 19. The zero-order valence-electron chi connectivity index (χ0n) is 30.3. The summed E-state index contributed by atoms with van der Waals surface area (Å²) in [6, 6.07) is 19.4. The van der Waals surface area contributed by atoms with Crippen LogP contribution >= 0.6 is 0 Å². The van der Waals surface area contributed by atoms with E-state index in [1.165, 1.54) is 24.3 Å². The standard InChI is InChI=1S/C16H23N3O5.C13H17NO4.C9H11NO2.CH4/c1-2-3-17-14(22)11-8-12(15(23)18-4-6-20)10-13(9-11)16(24)19-5-7-21;15-7-2-5-12(17)10-3-1-4-11(9-10)13(18)14-6-8-16;11-7-6-10-9(12)8-4-2-1-3-5-8;/h8-10,20-21H,2-7H2,1H3,(H,17,22)(H,18,23)(H,19,24);1,3-4,9,15-16H,2,5-8H2,(H,14,18);1-5,11H,6-7H2,(H,10,12);1H4. The monoisotopic (exact) mass is 769 g/mol. The fourth-order valence-electron chi connectivity index (χ4n) is 4.25. The number of aliphatic hydroxyl groups excluding tert-OH is 5. The predicted octanol–water partition coefficient (Wildman–Crippen LogP) is 0.679. The Balaban J connectivity index is 0.000000831. The van der Waals surface area contributed by atoms with Crippen molar-refractivity contribution in [1.29, 1.82) is 0 Å². The molecule has 0 aromatic heterocycles. The normalized spacial score (nSPS) is 9.78. The Morgan fingerprint density at radius 3 is 1.18 bits per heavy atom. The molecule has 0 bridgehead atoms. The van der Waals surface area contributed by atoms with E-state index in [-0.39, 0.29) is 107 Å². The van der Waals surface area contributed by atoms with Gasteiger partial charge in [-0.05, 0) is 55.3 Å². The van der Waals surface area contributed by atoms with Gasteiger partial charge in [-0.2, -0.15) is 0 Å². The number of amides is 5. The first-order chi connectivity index (χ1) is 26.1. The van der Waals surface area contributed by atoms with Crippen LogP contribution in [0.1, 0.15) is 95.8 Å². The van der Waals surface area contributed by atoms with E-state index in [1.807, 2.05) is 13.0 Å². The molecular formula is C39H55N5O11. The molecule has 302 valence electrons. The summed E-state index contributed by atoms with van der Waals surface area (Å²) in [5.41, 5.74) is 1.93. The summed E-state index contributed by atoms with van der Waals surface area (Å²) in [5.74, 6) is -1.94.